The molecule has 2 aromatic rings. The Morgan fingerprint density at radius 1 is 1.24 bits per heavy atom. The number of rotatable bonds is 5. The number of fused-ring (bicyclic) bond motifs is 1. The van der Waals surface area contributed by atoms with Crippen LogP contribution in [-0.4, -0.2) is 31.3 Å². The minimum Gasteiger partial charge on any atom is -0.359 e. The average Bonchev–Trinajstić information content (AvgIpc) is 2.43. The van der Waals surface area contributed by atoms with Gasteiger partial charge in [0.05, 0.1) is 11.9 Å². The van der Waals surface area contributed by atoms with Gasteiger partial charge in [0.15, 0.2) is 0 Å². The minimum absolute atomic E-state index is 0.119. The summed E-state index contributed by atoms with van der Waals surface area (Å²) in [5.74, 6) is 0.573. The van der Waals surface area contributed by atoms with Crippen LogP contribution >= 0.6 is 0 Å². The number of benzene rings is 1. The molecule has 2 rings (SSSR count). The first-order valence-electron chi connectivity index (χ1n) is 6.77. The zero-order valence-corrected chi connectivity index (χ0v) is 11.8. The van der Waals surface area contributed by atoms with Crippen LogP contribution in [0.15, 0.2) is 30.3 Å². The molecule has 3 nitrogen and oxygen atoms in total. The zero-order chi connectivity index (χ0) is 15.5. The molecule has 6 heteroatoms. The predicted molar refractivity (Wildman–Crippen MR) is 78.4 cm³/mol. The molecule has 0 aliphatic heterocycles. The third-order valence-corrected chi connectivity index (χ3v) is 3.29. The molecule has 1 aromatic carbocycles. The summed E-state index contributed by atoms with van der Waals surface area (Å²) in [5.41, 5.74) is 7.24. The number of para-hydroxylation sites is 1. The second kappa shape index (κ2) is 6.30. The molecule has 2 N–H and O–H groups in total. The summed E-state index contributed by atoms with van der Waals surface area (Å²) in [6.45, 7) is 0.312. The van der Waals surface area contributed by atoms with Crippen molar-refractivity contribution in [3.63, 3.8) is 0 Å². The fraction of sp³-hybridized carbons (Fsp3) is 0.400. The average molecular weight is 297 g/mol. The van der Waals surface area contributed by atoms with E-state index in [1.165, 1.54) is 0 Å². The largest absolute Gasteiger partial charge is 0.390 e. The third-order valence-electron chi connectivity index (χ3n) is 3.29. The summed E-state index contributed by atoms with van der Waals surface area (Å²) in [6, 6.07) is 9.50. The highest BCUT2D eigenvalue weighted by molar-refractivity contribution is 5.81. The lowest BCUT2D eigenvalue weighted by Gasteiger charge is -2.22. The molecule has 0 fully saturated rings. The molecule has 0 saturated carbocycles. The molecule has 0 saturated heterocycles. The zero-order valence-electron chi connectivity index (χ0n) is 11.8. The van der Waals surface area contributed by atoms with Crippen molar-refractivity contribution in [2.24, 2.45) is 5.73 Å². The maximum Gasteiger partial charge on any atom is 0.390 e. The van der Waals surface area contributed by atoms with Crippen LogP contribution in [0.1, 0.15) is 12.0 Å². The van der Waals surface area contributed by atoms with Crippen molar-refractivity contribution < 1.29 is 13.2 Å². The van der Waals surface area contributed by atoms with Gasteiger partial charge in [0.2, 0.25) is 0 Å². The van der Waals surface area contributed by atoms with Crippen LogP contribution < -0.4 is 10.6 Å². The normalized spacial score (nSPS) is 11.9. The molecule has 1 aromatic heterocycles. The number of nitrogens with zero attached hydrogens (tertiary/aromatic N) is 2. The lowest BCUT2D eigenvalue weighted by molar-refractivity contribution is -0.132. The van der Waals surface area contributed by atoms with Gasteiger partial charge in [-0.1, -0.05) is 18.2 Å². The summed E-state index contributed by atoms with van der Waals surface area (Å²) >= 11 is 0. The summed E-state index contributed by atoms with van der Waals surface area (Å²) in [5, 5.41) is 0.967. The fourth-order valence-corrected chi connectivity index (χ4v) is 2.22. The Balaban J connectivity index is 2.33. The number of nitrogens with two attached hydrogens (primary N) is 1. The van der Waals surface area contributed by atoms with Crippen LogP contribution in [0.2, 0.25) is 0 Å². The molecule has 0 atom stereocenters. The molecule has 0 aliphatic rings. The third kappa shape index (κ3) is 4.07. The van der Waals surface area contributed by atoms with E-state index < -0.39 is 12.6 Å². The maximum absolute atomic E-state index is 12.4. The molecule has 0 amide bonds. The van der Waals surface area contributed by atoms with E-state index in [4.69, 9.17) is 5.73 Å². The van der Waals surface area contributed by atoms with Gasteiger partial charge in [-0.15, -0.1) is 0 Å². The monoisotopic (exact) mass is 297 g/mol. The number of pyridine rings is 1. The Kier molecular flexibility index (Phi) is 4.67. The molecular weight excluding hydrogens is 279 g/mol. The smallest absolute Gasteiger partial charge is 0.359 e. The summed E-state index contributed by atoms with van der Waals surface area (Å²) < 4.78 is 37.1. The minimum atomic E-state index is -4.17. The molecule has 0 radical (unpaired) electrons. The maximum atomic E-state index is 12.4. The van der Waals surface area contributed by atoms with Gasteiger partial charge in [-0.05, 0) is 30.7 Å². The van der Waals surface area contributed by atoms with Gasteiger partial charge >= 0.3 is 6.18 Å². The Morgan fingerprint density at radius 3 is 2.62 bits per heavy atom. The van der Waals surface area contributed by atoms with Crippen molar-refractivity contribution in [1.82, 2.24) is 4.98 Å². The van der Waals surface area contributed by atoms with Crippen LogP contribution in [0.3, 0.4) is 0 Å². The lowest BCUT2D eigenvalue weighted by atomic mass is 10.1. The van der Waals surface area contributed by atoms with Crippen molar-refractivity contribution in [2.75, 3.05) is 25.0 Å². The first-order chi connectivity index (χ1) is 9.90. The number of halogens is 3. The van der Waals surface area contributed by atoms with E-state index in [0.29, 0.717) is 18.8 Å². The van der Waals surface area contributed by atoms with E-state index in [0.717, 1.165) is 16.5 Å². The van der Waals surface area contributed by atoms with E-state index in [9.17, 15) is 13.2 Å². The number of anilines is 1. The molecule has 0 unspecified atom stereocenters. The Bertz CT molecular complexity index is 611. The van der Waals surface area contributed by atoms with Crippen LogP contribution in [-0.2, 0) is 6.42 Å². The van der Waals surface area contributed by atoms with Crippen molar-refractivity contribution in [1.29, 1.82) is 0 Å². The van der Waals surface area contributed by atoms with Gasteiger partial charge in [-0.3, -0.25) is 0 Å². The fourth-order valence-electron chi connectivity index (χ4n) is 2.22. The molecule has 0 spiro atoms. The van der Waals surface area contributed by atoms with Crippen molar-refractivity contribution in [3.05, 3.63) is 35.9 Å². The summed E-state index contributed by atoms with van der Waals surface area (Å²) in [6.07, 6.45) is -4.44. The second-order valence-electron chi connectivity index (χ2n) is 4.99. The van der Waals surface area contributed by atoms with E-state index in [2.05, 4.69) is 4.98 Å². The number of hydrogen-bond acceptors (Lipinski definition) is 3. The SMILES string of the molecule is CN(CCC(F)(F)F)c1nc2ccccc2cc1CCN. The van der Waals surface area contributed by atoms with Crippen LogP contribution in [0.5, 0.6) is 0 Å². The number of alkyl halides is 3. The summed E-state index contributed by atoms with van der Waals surface area (Å²) in [7, 11) is 1.63. The molecule has 114 valence electrons. The van der Waals surface area contributed by atoms with Gasteiger partial charge in [-0.2, -0.15) is 13.2 Å². The quantitative estimate of drug-likeness (QED) is 0.922. The van der Waals surface area contributed by atoms with Crippen LogP contribution in [0.4, 0.5) is 19.0 Å². The predicted octanol–water partition coefficient (Wildman–Crippen LogP) is 3.12. The first-order valence-corrected chi connectivity index (χ1v) is 6.77. The number of hydrogen-bond donors (Lipinski definition) is 1. The van der Waals surface area contributed by atoms with Crippen molar-refractivity contribution in [2.45, 2.75) is 19.0 Å². The highest BCUT2D eigenvalue weighted by atomic mass is 19.4. The second-order valence-corrected chi connectivity index (χ2v) is 4.99. The lowest BCUT2D eigenvalue weighted by Crippen LogP contribution is -2.26. The molecular formula is C15H18F3N3. The number of aromatic nitrogens is 1. The van der Waals surface area contributed by atoms with E-state index in [-0.39, 0.29) is 6.54 Å². The van der Waals surface area contributed by atoms with Crippen molar-refractivity contribution in [3.8, 4) is 0 Å². The van der Waals surface area contributed by atoms with Crippen molar-refractivity contribution >= 4 is 16.7 Å². The van der Waals surface area contributed by atoms with Gasteiger partial charge < -0.3 is 10.6 Å². The van der Waals surface area contributed by atoms with Crippen LogP contribution in [0.25, 0.3) is 10.9 Å². The first kappa shape index (κ1) is 15.6. The van der Waals surface area contributed by atoms with Gasteiger partial charge in [0.1, 0.15) is 5.82 Å². The Labute approximate surface area is 121 Å². The molecule has 0 bridgehead atoms. The standard InChI is InChI=1S/C15H18F3N3/c1-21(9-7-15(16,17)18)14-12(6-8-19)10-11-4-2-3-5-13(11)20-14/h2-5,10H,6-9,19H2,1H3. The Morgan fingerprint density at radius 2 is 1.95 bits per heavy atom. The van der Waals surface area contributed by atoms with Gasteiger partial charge in [0, 0.05) is 19.0 Å². The van der Waals surface area contributed by atoms with E-state index >= 15 is 0 Å². The van der Waals surface area contributed by atoms with E-state index in [1.807, 2.05) is 30.3 Å². The van der Waals surface area contributed by atoms with E-state index in [1.54, 1.807) is 11.9 Å². The van der Waals surface area contributed by atoms with Gasteiger partial charge in [0.25, 0.3) is 0 Å². The summed E-state index contributed by atoms with van der Waals surface area (Å²) in [4.78, 5) is 6.04. The van der Waals surface area contributed by atoms with Crippen LogP contribution in [0, 0.1) is 0 Å². The molecule has 1 heterocycles. The Hall–Kier alpha value is -1.82. The highest BCUT2D eigenvalue weighted by Gasteiger charge is 2.27. The molecule has 0 aliphatic carbocycles. The topological polar surface area (TPSA) is 42.2 Å². The highest BCUT2D eigenvalue weighted by Crippen LogP contribution is 2.25. The molecule has 21 heavy (non-hydrogen) atoms. The van der Waals surface area contributed by atoms with Gasteiger partial charge in [-0.25, -0.2) is 4.98 Å².